The van der Waals surface area contributed by atoms with Crippen LogP contribution >= 0.6 is 23.1 Å². The van der Waals surface area contributed by atoms with E-state index in [1.54, 1.807) is 22.1 Å². The summed E-state index contributed by atoms with van der Waals surface area (Å²) in [5.74, 6) is 0.611. The van der Waals surface area contributed by atoms with Gasteiger partial charge in [-0.25, -0.2) is 9.97 Å². The van der Waals surface area contributed by atoms with Crippen LogP contribution in [0, 0.1) is 6.92 Å². The maximum absolute atomic E-state index is 13.4. The van der Waals surface area contributed by atoms with E-state index in [0.29, 0.717) is 21.8 Å². The number of para-hydroxylation sites is 2. The van der Waals surface area contributed by atoms with Gasteiger partial charge in [0.2, 0.25) is 0 Å². The Balaban J connectivity index is 1.54. The van der Waals surface area contributed by atoms with Gasteiger partial charge in [-0.3, -0.25) is 14.3 Å². The van der Waals surface area contributed by atoms with Crippen molar-refractivity contribution in [1.82, 2.24) is 19.5 Å². The van der Waals surface area contributed by atoms with Crippen molar-refractivity contribution in [2.75, 3.05) is 0 Å². The summed E-state index contributed by atoms with van der Waals surface area (Å²) >= 11 is 3.09. The van der Waals surface area contributed by atoms with E-state index in [1.807, 2.05) is 79.0 Å². The number of hydrogen-bond donors (Lipinski definition) is 0. The molecule has 0 amide bonds. The minimum Gasteiger partial charge on any atom is -0.268 e. The second kappa shape index (κ2) is 8.45. The third-order valence-corrected chi connectivity index (χ3v) is 6.77. The van der Waals surface area contributed by atoms with E-state index in [1.165, 1.54) is 11.8 Å². The van der Waals surface area contributed by atoms with Gasteiger partial charge in [-0.05, 0) is 42.8 Å². The van der Waals surface area contributed by atoms with Crippen molar-refractivity contribution in [3.05, 3.63) is 99.9 Å². The zero-order valence-electron chi connectivity index (χ0n) is 16.7. The molecule has 0 aliphatic rings. The van der Waals surface area contributed by atoms with Crippen LogP contribution in [0.4, 0.5) is 0 Å². The number of nitrogens with zero attached hydrogens (tertiary/aromatic N) is 4. The summed E-state index contributed by atoms with van der Waals surface area (Å²) in [5.41, 5.74) is 4.32. The minimum atomic E-state index is -0.0603. The summed E-state index contributed by atoms with van der Waals surface area (Å²) in [4.78, 5) is 27.3. The number of aromatic nitrogens is 4. The van der Waals surface area contributed by atoms with Gasteiger partial charge in [0.25, 0.3) is 5.56 Å². The molecule has 0 saturated carbocycles. The number of fused-ring (bicyclic) bond motifs is 1. The lowest BCUT2D eigenvalue weighted by molar-refractivity contribution is 0.814. The molecule has 7 heteroatoms. The van der Waals surface area contributed by atoms with Gasteiger partial charge in [0, 0.05) is 17.3 Å². The fourth-order valence-electron chi connectivity index (χ4n) is 3.35. The van der Waals surface area contributed by atoms with Crippen LogP contribution in [0.2, 0.25) is 0 Å². The molecular formula is C24H18N4OS2. The molecular weight excluding hydrogens is 424 g/mol. The number of benzene rings is 2. The van der Waals surface area contributed by atoms with Gasteiger partial charge < -0.3 is 0 Å². The molecule has 31 heavy (non-hydrogen) atoms. The van der Waals surface area contributed by atoms with E-state index < -0.39 is 0 Å². The predicted molar refractivity (Wildman–Crippen MR) is 127 cm³/mol. The minimum absolute atomic E-state index is 0.0603. The Kier molecular flexibility index (Phi) is 5.36. The van der Waals surface area contributed by atoms with Crippen molar-refractivity contribution in [3.63, 3.8) is 0 Å². The van der Waals surface area contributed by atoms with E-state index in [-0.39, 0.29) is 5.56 Å². The van der Waals surface area contributed by atoms with E-state index in [4.69, 9.17) is 9.97 Å². The monoisotopic (exact) mass is 442 g/mol. The normalized spacial score (nSPS) is 11.1. The van der Waals surface area contributed by atoms with Gasteiger partial charge in [-0.15, -0.1) is 11.3 Å². The summed E-state index contributed by atoms with van der Waals surface area (Å²) in [7, 11) is 0. The third-order valence-electron chi connectivity index (χ3n) is 4.89. The largest absolute Gasteiger partial charge is 0.268 e. The van der Waals surface area contributed by atoms with Crippen molar-refractivity contribution < 1.29 is 0 Å². The number of thioether (sulfide) groups is 1. The maximum atomic E-state index is 13.4. The van der Waals surface area contributed by atoms with Crippen molar-refractivity contribution in [3.8, 4) is 16.4 Å². The number of pyridine rings is 1. The van der Waals surface area contributed by atoms with Crippen molar-refractivity contribution in [1.29, 1.82) is 0 Å². The van der Waals surface area contributed by atoms with Gasteiger partial charge >= 0.3 is 0 Å². The average molecular weight is 443 g/mol. The highest BCUT2D eigenvalue weighted by atomic mass is 32.2. The zero-order chi connectivity index (χ0) is 21.2. The molecule has 3 heterocycles. The summed E-state index contributed by atoms with van der Waals surface area (Å²) in [5, 5.41) is 4.19. The van der Waals surface area contributed by atoms with Gasteiger partial charge in [0.15, 0.2) is 5.16 Å². The molecule has 0 atom stereocenters. The molecule has 0 aliphatic carbocycles. The molecule has 0 radical (unpaired) electrons. The SMILES string of the molecule is Cc1ccccc1-n1c(SCc2csc(-c3ccccn3)n2)nc2ccccc2c1=O. The van der Waals surface area contributed by atoms with Gasteiger partial charge in [-0.2, -0.15) is 0 Å². The molecule has 0 bridgehead atoms. The Labute approximate surface area is 187 Å². The van der Waals surface area contributed by atoms with Crippen LogP contribution in [0.1, 0.15) is 11.3 Å². The van der Waals surface area contributed by atoms with Crippen LogP contribution in [-0.2, 0) is 5.75 Å². The first-order chi connectivity index (χ1) is 15.2. The van der Waals surface area contributed by atoms with Crippen LogP contribution in [-0.4, -0.2) is 19.5 Å². The van der Waals surface area contributed by atoms with Crippen LogP contribution in [0.3, 0.4) is 0 Å². The van der Waals surface area contributed by atoms with Crippen molar-refractivity contribution in [2.45, 2.75) is 17.8 Å². The first kappa shape index (κ1) is 19.7. The molecule has 2 aromatic carbocycles. The van der Waals surface area contributed by atoms with Crippen molar-refractivity contribution >= 4 is 34.0 Å². The predicted octanol–water partition coefficient (Wildman–Crippen LogP) is 5.50. The highest BCUT2D eigenvalue weighted by Gasteiger charge is 2.15. The molecule has 0 unspecified atom stereocenters. The standard InChI is InChI=1S/C24H18N4OS2/c1-16-8-2-5-12-21(16)28-23(29)18-9-3-4-10-19(18)27-24(28)31-15-17-14-30-22(26-17)20-11-6-7-13-25-20/h2-14H,15H2,1H3. The summed E-state index contributed by atoms with van der Waals surface area (Å²) in [6, 6.07) is 21.2. The number of aryl methyl sites for hydroxylation is 1. The third kappa shape index (κ3) is 3.89. The fraction of sp³-hybridized carbons (Fsp3) is 0.0833. The summed E-state index contributed by atoms with van der Waals surface area (Å²) < 4.78 is 1.72. The highest BCUT2D eigenvalue weighted by molar-refractivity contribution is 7.98. The molecule has 5 aromatic rings. The zero-order valence-corrected chi connectivity index (χ0v) is 18.4. The van der Waals surface area contributed by atoms with Crippen LogP contribution in [0.5, 0.6) is 0 Å². The first-order valence-electron chi connectivity index (χ1n) is 9.77. The molecule has 152 valence electrons. The molecule has 0 saturated heterocycles. The molecule has 0 spiro atoms. The number of thiazole rings is 1. The molecule has 5 nitrogen and oxygen atoms in total. The lowest BCUT2D eigenvalue weighted by Crippen LogP contribution is -2.22. The maximum Gasteiger partial charge on any atom is 0.266 e. The average Bonchev–Trinajstić information content (AvgIpc) is 3.28. The Morgan fingerprint density at radius 1 is 0.968 bits per heavy atom. The Bertz CT molecular complexity index is 1430. The van der Waals surface area contributed by atoms with E-state index in [2.05, 4.69) is 4.98 Å². The lowest BCUT2D eigenvalue weighted by Gasteiger charge is -2.14. The first-order valence-corrected chi connectivity index (χ1v) is 11.6. The Morgan fingerprint density at radius 3 is 2.61 bits per heavy atom. The molecule has 0 N–H and O–H groups in total. The van der Waals surface area contributed by atoms with Gasteiger partial charge in [0.05, 0.1) is 28.0 Å². The number of rotatable bonds is 5. The van der Waals surface area contributed by atoms with E-state index in [9.17, 15) is 4.79 Å². The molecule has 0 fully saturated rings. The smallest absolute Gasteiger partial charge is 0.266 e. The molecule has 3 aromatic heterocycles. The highest BCUT2D eigenvalue weighted by Crippen LogP contribution is 2.28. The quantitative estimate of drug-likeness (QED) is 0.265. The number of hydrogen-bond acceptors (Lipinski definition) is 6. The molecule has 5 rings (SSSR count). The summed E-state index contributed by atoms with van der Waals surface area (Å²) in [6.07, 6.45) is 1.77. The fourth-order valence-corrected chi connectivity index (χ4v) is 5.15. The Hall–Kier alpha value is -3.29. The second-order valence-electron chi connectivity index (χ2n) is 6.99. The van der Waals surface area contributed by atoms with Gasteiger partial charge in [0.1, 0.15) is 5.01 Å². The lowest BCUT2D eigenvalue weighted by atomic mass is 10.2. The van der Waals surface area contributed by atoms with Crippen LogP contribution in [0.15, 0.2) is 88.3 Å². The molecule has 0 aliphatic heterocycles. The van der Waals surface area contributed by atoms with Crippen LogP contribution in [0.25, 0.3) is 27.3 Å². The van der Waals surface area contributed by atoms with E-state index in [0.717, 1.165) is 27.6 Å². The van der Waals surface area contributed by atoms with Crippen LogP contribution < -0.4 is 5.56 Å². The topological polar surface area (TPSA) is 60.7 Å². The van der Waals surface area contributed by atoms with Gasteiger partial charge in [-0.1, -0.05) is 48.2 Å². The van der Waals surface area contributed by atoms with E-state index >= 15 is 0 Å². The van der Waals surface area contributed by atoms with Crippen molar-refractivity contribution in [2.24, 2.45) is 0 Å². The summed E-state index contributed by atoms with van der Waals surface area (Å²) in [6.45, 7) is 2.00. The Morgan fingerprint density at radius 2 is 1.77 bits per heavy atom. The second-order valence-corrected chi connectivity index (χ2v) is 8.79.